The predicted molar refractivity (Wildman–Crippen MR) is 107 cm³/mol. The van der Waals surface area contributed by atoms with Crippen molar-refractivity contribution < 1.29 is 0 Å². The van der Waals surface area contributed by atoms with E-state index in [2.05, 4.69) is 80.7 Å². The topological polar surface area (TPSA) is 26.0 Å². The van der Waals surface area contributed by atoms with Gasteiger partial charge in [0.1, 0.15) is 0 Å². The first-order chi connectivity index (χ1) is 11.0. The van der Waals surface area contributed by atoms with Gasteiger partial charge in [0.25, 0.3) is 0 Å². The van der Waals surface area contributed by atoms with Gasteiger partial charge in [-0.2, -0.15) is 0 Å². The zero-order chi connectivity index (χ0) is 17.1. The molecule has 0 radical (unpaired) electrons. The molecule has 0 saturated carbocycles. The minimum Gasteiger partial charge on any atom is -0.394 e. The van der Waals surface area contributed by atoms with Crippen molar-refractivity contribution in [1.82, 2.24) is 0 Å². The first-order valence-electron chi connectivity index (χ1n) is 7.78. The highest BCUT2D eigenvalue weighted by atomic mass is 32.1. The van der Waals surface area contributed by atoms with Crippen LogP contribution in [0.4, 0.5) is 0 Å². The predicted octanol–water partition coefficient (Wildman–Crippen LogP) is 5.69. The summed E-state index contributed by atoms with van der Waals surface area (Å²) < 4.78 is 0. The van der Waals surface area contributed by atoms with Crippen molar-refractivity contribution in [3.63, 3.8) is 0 Å². The van der Waals surface area contributed by atoms with Gasteiger partial charge in [0, 0.05) is 0 Å². The molecule has 0 aliphatic heterocycles. The lowest BCUT2D eigenvalue weighted by atomic mass is 10.1. The minimum absolute atomic E-state index is 0.500. The van der Waals surface area contributed by atoms with Crippen LogP contribution in [-0.4, -0.2) is 4.99 Å². The molecule has 2 heteroatoms. The molecule has 0 amide bonds. The molecule has 3 rings (SSSR count). The highest BCUT2D eigenvalue weighted by Crippen LogP contribution is 2.15. The maximum Gasteiger partial charge on any atom is 0.0695 e. The Kier molecular flexibility index (Phi) is 8.63. The van der Waals surface area contributed by atoms with Crippen LogP contribution in [0.15, 0.2) is 72.8 Å². The van der Waals surface area contributed by atoms with Crippen LogP contribution >= 0.6 is 12.2 Å². The molecule has 0 heterocycles. The summed E-state index contributed by atoms with van der Waals surface area (Å²) in [6.45, 7) is 5.94. The van der Waals surface area contributed by atoms with Crippen LogP contribution in [0, 0.1) is 6.92 Å². The standard InChI is InChI=1S/C12H12.C7H8.C2H5NS/c1-2-10-7-8-11-5-3-4-6-12(11)9-10;1-7-5-3-2-4-6-7;1-2(3)4/h3-9H,2H2,1H3;2-6H,1H3;1H3,(H2,3,4). The van der Waals surface area contributed by atoms with Crippen LogP contribution in [-0.2, 0) is 6.42 Å². The van der Waals surface area contributed by atoms with E-state index in [-0.39, 0.29) is 0 Å². The molecule has 0 atom stereocenters. The fourth-order valence-electron chi connectivity index (χ4n) is 1.99. The van der Waals surface area contributed by atoms with E-state index in [0.29, 0.717) is 4.99 Å². The summed E-state index contributed by atoms with van der Waals surface area (Å²) in [4.78, 5) is 0.500. The van der Waals surface area contributed by atoms with Crippen LogP contribution in [0.5, 0.6) is 0 Å². The molecule has 0 aromatic heterocycles. The molecular weight excluding hydrogens is 298 g/mol. The summed E-state index contributed by atoms with van der Waals surface area (Å²) in [5.74, 6) is 0. The maximum absolute atomic E-state index is 4.84. The number of benzene rings is 3. The molecule has 0 aliphatic rings. The van der Waals surface area contributed by atoms with E-state index in [1.165, 1.54) is 21.9 Å². The summed E-state index contributed by atoms with van der Waals surface area (Å²) >= 11 is 4.31. The summed E-state index contributed by atoms with van der Waals surface area (Å²) in [6, 6.07) is 25.4. The van der Waals surface area contributed by atoms with Crippen molar-refractivity contribution >= 4 is 28.0 Å². The Bertz CT molecular complexity index is 716. The summed E-state index contributed by atoms with van der Waals surface area (Å²) in [5.41, 5.74) is 7.58. The van der Waals surface area contributed by atoms with Crippen LogP contribution in [0.2, 0.25) is 0 Å². The van der Waals surface area contributed by atoms with Crippen LogP contribution in [0.1, 0.15) is 25.0 Å². The number of fused-ring (bicyclic) bond motifs is 1. The highest BCUT2D eigenvalue weighted by Gasteiger charge is 1.92. The Labute approximate surface area is 145 Å². The van der Waals surface area contributed by atoms with Gasteiger partial charge in [0.05, 0.1) is 4.99 Å². The number of nitrogens with two attached hydrogens (primary N) is 1. The fourth-order valence-corrected chi connectivity index (χ4v) is 1.99. The largest absolute Gasteiger partial charge is 0.394 e. The molecule has 0 spiro atoms. The van der Waals surface area contributed by atoms with Gasteiger partial charge in [-0.3, -0.25) is 0 Å². The molecule has 0 saturated heterocycles. The van der Waals surface area contributed by atoms with Crippen molar-refractivity contribution in [2.75, 3.05) is 0 Å². The van der Waals surface area contributed by atoms with Gasteiger partial charge in [0.15, 0.2) is 0 Å². The average Bonchev–Trinajstić information content (AvgIpc) is 2.55. The zero-order valence-electron chi connectivity index (χ0n) is 14.1. The number of hydrogen-bond acceptors (Lipinski definition) is 1. The number of rotatable bonds is 1. The van der Waals surface area contributed by atoms with Crippen LogP contribution in [0.25, 0.3) is 10.8 Å². The molecule has 0 unspecified atom stereocenters. The summed E-state index contributed by atoms with van der Waals surface area (Å²) in [6.07, 6.45) is 1.12. The maximum atomic E-state index is 4.84. The monoisotopic (exact) mass is 323 g/mol. The number of aryl methyl sites for hydroxylation is 2. The molecule has 0 fully saturated rings. The number of thiocarbonyl (C=S) groups is 1. The van der Waals surface area contributed by atoms with E-state index in [4.69, 9.17) is 5.73 Å². The molecule has 3 aromatic rings. The van der Waals surface area contributed by atoms with Gasteiger partial charge in [-0.05, 0) is 36.6 Å². The second kappa shape index (κ2) is 10.5. The summed E-state index contributed by atoms with van der Waals surface area (Å²) in [7, 11) is 0. The van der Waals surface area contributed by atoms with Gasteiger partial charge in [-0.1, -0.05) is 97.5 Å². The van der Waals surface area contributed by atoms with Crippen molar-refractivity contribution in [3.8, 4) is 0 Å². The van der Waals surface area contributed by atoms with Gasteiger partial charge in [0.2, 0.25) is 0 Å². The Morgan fingerprint density at radius 1 is 0.870 bits per heavy atom. The zero-order valence-corrected chi connectivity index (χ0v) is 14.9. The van der Waals surface area contributed by atoms with Crippen molar-refractivity contribution in [3.05, 3.63) is 83.9 Å². The third-order valence-corrected chi connectivity index (χ3v) is 3.16. The molecule has 2 N–H and O–H groups in total. The van der Waals surface area contributed by atoms with E-state index < -0.39 is 0 Å². The van der Waals surface area contributed by atoms with Gasteiger partial charge < -0.3 is 5.73 Å². The normalized spacial score (nSPS) is 9.17. The molecule has 1 nitrogen and oxygen atoms in total. The summed E-state index contributed by atoms with van der Waals surface area (Å²) in [5, 5.41) is 2.67. The van der Waals surface area contributed by atoms with Crippen molar-refractivity contribution in [1.29, 1.82) is 0 Å². The Hall–Kier alpha value is -2.19. The fraction of sp³-hybridized carbons (Fsp3) is 0.190. The third-order valence-electron chi connectivity index (χ3n) is 3.16. The Morgan fingerprint density at radius 3 is 1.87 bits per heavy atom. The van der Waals surface area contributed by atoms with E-state index in [1.807, 2.05) is 18.2 Å². The average molecular weight is 324 g/mol. The van der Waals surface area contributed by atoms with E-state index >= 15 is 0 Å². The molecule has 120 valence electrons. The lowest BCUT2D eigenvalue weighted by Crippen LogP contribution is -1.98. The van der Waals surface area contributed by atoms with Gasteiger partial charge in [-0.25, -0.2) is 0 Å². The minimum atomic E-state index is 0.500. The SMILES string of the molecule is CC(N)=S.CCc1ccc2ccccc2c1.Cc1ccccc1. The Balaban J connectivity index is 0.000000204. The molecular formula is C21H25NS. The molecule has 23 heavy (non-hydrogen) atoms. The van der Waals surface area contributed by atoms with Gasteiger partial charge in [-0.15, -0.1) is 0 Å². The van der Waals surface area contributed by atoms with Crippen LogP contribution < -0.4 is 5.73 Å². The smallest absolute Gasteiger partial charge is 0.0695 e. The Morgan fingerprint density at radius 2 is 1.39 bits per heavy atom. The van der Waals surface area contributed by atoms with Crippen molar-refractivity contribution in [2.45, 2.75) is 27.2 Å². The van der Waals surface area contributed by atoms with E-state index in [0.717, 1.165) is 6.42 Å². The molecule has 0 bridgehead atoms. The second-order valence-corrected chi connectivity index (χ2v) is 5.94. The first kappa shape index (κ1) is 18.9. The van der Waals surface area contributed by atoms with Gasteiger partial charge >= 0.3 is 0 Å². The third kappa shape index (κ3) is 8.12. The van der Waals surface area contributed by atoms with E-state index in [1.54, 1.807) is 6.92 Å². The van der Waals surface area contributed by atoms with Crippen LogP contribution in [0.3, 0.4) is 0 Å². The second-order valence-electron chi connectivity index (χ2n) is 5.30. The quantitative estimate of drug-likeness (QED) is 0.582. The lowest BCUT2D eigenvalue weighted by molar-refractivity contribution is 1.15. The van der Waals surface area contributed by atoms with E-state index in [9.17, 15) is 0 Å². The highest BCUT2D eigenvalue weighted by molar-refractivity contribution is 7.80. The first-order valence-corrected chi connectivity index (χ1v) is 8.19. The number of hydrogen-bond donors (Lipinski definition) is 1. The van der Waals surface area contributed by atoms with Crippen molar-refractivity contribution in [2.24, 2.45) is 5.73 Å². The lowest BCUT2D eigenvalue weighted by Gasteiger charge is -1.99. The molecule has 0 aliphatic carbocycles. The molecule has 3 aromatic carbocycles.